The molecule has 1 aliphatic heterocycles. The summed E-state index contributed by atoms with van der Waals surface area (Å²) < 4.78 is 5.61. The van der Waals surface area contributed by atoms with Gasteiger partial charge in [0.2, 0.25) is 5.91 Å². The number of halogens is 1. The first kappa shape index (κ1) is 22.0. The van der Waals surface area contributed by atoms with E-state index in [4.69, 9.17) is 10.5 Å². The maximum atomic E-state index is 12.6. The van der Waals surface area contributed by atoms with Crippen LogP contribution < -0.4 is 20.7 Å². The number of carbonyl (C=O) groups is 1. The highest BCUT2D eigenvalue weighted by Crippen LogP contribution is 2.26. The summed E-state index contributed by atoms with van der Waals surface area (Å²) in [6, 6.07) is 15.5. The van der Waals surface area contributed by atoms with Gasteiger partial charge in [0.25, 0.3) is 0 Å². The highest BCUT2D eigenvalue weighted by Gasteiger charge is 2.21. The fraction of sp³-hybridized carbons (Fsp3) is 0.333. The van der Waals surface area contributed by atoms with Gasteiger partial charge in [-0.15, -0.1) is 24.0 Å². The number of rotatable bonds is 5. The van der Waals surface area contributed by atoms with Crippen molar-refractivity contribution in [3.63, 3.8) is 0 Å². The summed E-state index contributed by atoms with van der Waals surface area (Å²) in [5.74, 6) is 0.962. The van der Waals surface area contributed by atoms with Crippen molar-refractivity contribution in [2.45, 2.75) is 32.8 Å². The first-order chi connectivity index (χ1) is 13.0. The zero-order valence-corrected chi connectivity index (χ0v) is 18.6. The highest BCUT2D eigenvalue weighted by atomic mass is 127. The normalized spacial score (nSPS) is 13.5. The van der Waals surface area contributed by atoms with Gasteiger partial charge in [-0.2, -0.15) is 0 Å². The van der Waals surface area contributed by atoms with Crippen molar-refractivity contribution in [1.29, 1.82) is 0 Å². The lowest BCUT2D eigenvalue weighted by atomic mass is 10.0. The Kier molecular flexibility index (Phi) is 8.10. The second kappa shape index (κ2) is 10.3. The van der Waals surface area contributed by atoms with Gasteiger partial charge < -0.3 is 20.7 Å². The molecule has 1 heterocycles. The van der Waals surface area contributed by atoms with Crippen LogP contribution in [0.4, 0.5) is 11.4 Å². The van der Waals surface area contributed by atoms with E-state index >= 15 is 0 Å². The number of ether oxygens (including phenoxy) is 1. The van der Waals surface area contributed by atoms with Gasteiger partial charge in [-0.1, -0.05) is 18.2 Å². The van der Waals surface area contributed by atoms with Gasteiger partial charge in [-0.25, -0.2) is 4.99 Å². The van der Waals surface area contributed by atoms with Crippen molar-refractivity contribution in [2.24, 2.45) is 10.7 Å². The minimum absolute atomic E-state index is 0. The SMILES string of the molecule is CC(C)Oc1ccc(NC(N)=NCC(=O)N2CCCc3ccccc32)cc1.I. The fourth-order valence-corrected chi connectivity index (χ4v) is 3.11. The molecular weight excluding hydrogens is 467 g/mol. The molecule has 0 unspecified atom stereocenters. The molecule has 1 amide bonds. The number of guanidine groups is 1. The van der Waals surface area contributed by atoms with Crippen LogP contribution in [0.5, 0.6) is 5.75 Å². The third kappa shape index (κ3) is 5.85. The number of aliphatic imine (C=N–C) groups is 1. The van der Waals surface area contributed by atoms with E-state index in [2.05, 4.69) is 16.4 Å². The van der Waals surface area contributed by atoms with Crippen LogP contribution in [0.15, 0.2) is 53.5 Å². The van der Waals surface area contributed by atoms with Crippen molar-refractivity contribution in [1.82, 2.24) is 0 Å². The highest BCUT2D eigenvalue weighted by molar-refractivity contribution is 14.0. The van der Waals surface area contributed by atoms with Gasteiger partial charge in [0.15, 0.2) is 5.96 Å². The molecule has 0 saturated heterocycles. The number of benzene rings is 2. The molecule has 0 atom stereocenters. The Morgan fingerprint density at radius 2 is 1.93 bits per heavy atom. The molecule has 7 heteroatoms. The molecule has 28 heavy (non-hydrogen) atoms. The second-order valence-corrected chi connectivity index (χ2v) is 6.80. The van der Waals surface area contributed by atoms with Crippen LogP contribution in [0.3, 0.4) is 0 Å². The Morgan fingerprint density at radius 3 is 2.64 bits per heavy atom. The predicted octanol–water partition coefficient (Wildman–Crippen LogP) is 3.80. The number of fused-ring (bicyclic) bond motifs is 1. The molecule has 2 aromatic rings. The summed E-state index contributed by atoms with van der Waals surface area (Å²) in [4.78, 5) is 18.6. The van der Waals surface area contributed by atoms with Crippen LogP contribution in [0, 0.1) is 0 Å². The summed E-state index contributed by atoms with van der Waals surface area (Å²) in [5.41, 5.74) is 8.92. The largest absolute Gasteiger partial charge is 0.491 e. The predicted molar refractivity (Wildman–Crippen MR) is 125 cm³/mol. The van der Waals surface area contributed by atoms with E-state index in [0.29, 0.717) is 0 Å². The average molecular weight is 494 g/mol. The molecule has 0 radical (unpaired) electrons. The smallest absolute Gasteiger partial charge is 0.248 e. The fourth-order valence-electron chi connectivity index (χ4n) is 3.11. The molecule has 0 spiro atoms. The van der Waals surface area contributed by atoms with E-state index in [1.54, 1.807) is 4.90 Å². The minimum atomic E-state index is -0.0485. The summed E-state index contributed by atoms with van der Waals surface area (Å²) in [7, 11) is 0. The molecule has 3 rings (SSSR count). The van der Waals surface area contributed by atoms with Gasteiger partial charge in [0.1, 0.15) is 12.3 Å². The topological polar surface area (TPSA) is 80.0 Å². The maximum Gasteiger partial charge on any atom is 0.248 e. The van der Waals surface area contributed by atoms with Crippen LogP contribution in [0.25, 0.3) is 0 Å². The molecular formula is C21H27IN4O2. The Morgan fingerprint density at radius 1 is 1.21 bits per heavy atom. The second-order valence-electron chi connectivity index (χ2n) is 6.80. The van der Waals surface area contributed by atoms with E-state index in [1.807, 2.05) is 56.3 Å². The number of amides is 1. The van der Waals surface area contributed by atoms with Crippen LogP contribution >= 0.6 is 24.0 Å². The number of hydrogen-bond acceptors (Lipinski definition) is 3. The van der Waals surface area contributed by atoms with Crippen LogP contribution in [-0.4, -0.2) is 31.1 Å². The third-order valence-corrected chi connectivity index (χ3v) is 4.29. The number of anilines is 2. The first-order valence-electron chi connectivity index (χ1n) is 9.25. The van der Waals surface area contributed by atoms with Gasteiger partial charge in [-0.05, 0) is 62.6 Å². The third-order valence-electron chi connectivity index (χ3n) is 4.29. The Bertz CT molecular complexity index is 821. The van der Waals surface area contributed by atoms with E-state index in [1.165, 1.54) is 5.56 Å². The van der Waals surface area contributed by atoms with Crippen molar-refractivity contribution in [2.75, 3.05) is 23.3 Å². The number of para-hydroxylation sites is 1. The van der Waals surface area contributed by atoms with Crippen molar-refractivity contribution in [3.05, 3.63) is 54.1 Å². The van der Waals surface area contributed by atoms with Crippen LogP contribution in [0.1, 0.15) is 25.8 Å². The minimum Gasteiger partial charge on any atom is -0.491 e. The Balaban J connectivity index is 0.00000280. The number of nitrogens with zero attached hydrogens (tertiary/aromatic N) is 2. The number of aryl methyl sites for hydroxylation is 1. The van der Waals surface area contributed by atoms with Gasteiger partial charge in [0, 0.05) is 17.9 Å². The number of nitrogens with two attached hydrogens (primary N) is 1. The lowest BCUT2D eigenvalue weighted by molar-refractivity contribution is -0.117. The van der Waals surface area contributed by atoms with E-state index in [0.717, 1.165) is 36.5 Å². The molecule has 150 valence electrons. The van der Waals surface area contributed by atoms with E-state index in [9.17, 15) is 4.79 Å². The Labute approximate surface area is 183 Å². The number of nitrogens with one attached hydrogen (secondary N) is 1. The lowest BCUT2D eigenvalue weighted by Crippen LogP contribution is -2.37. The van der Waals surface area contributed by atoms with E-state index < -0.39 is 0 Å². The molecule has 6 nitrogen and oxygen atoms in total. The lowest BCUT2D eigenvalue weighted by Gasteiger charge is -2.29. The number of hydrogen-bond donors (Lipinski definition) is 2. The van der Waals surface area contributed by atoms with Gasteiger partial charge in [-0.3, -0.25) is 4.79 Å². The summed E-state index contributed by atoms with van der Waals surface area (Å²) in [5, 5.41) is 3.00. The zero-order chi connectivity index (χ0) is 19.2. The van der Waals surface area contributed by atoms with Crippen LogP contribution in [0.2, 0.25) is 0 Å². The summed E-state index contributed by atoms with van der Waals surface area (Å²) in [6.07, 6.45) is 2.09. The number of carbonyl (C=O) groups excluding carboxylic acids is 1. The van der Waals surface area contributed by atoms with Crippen molar-refractivity contribution in [3.8, 4) is 5.75 Å². The monoisotopic (exact) mass is 494 g/mol. The molecule has 0 aliphatic carbocycles. The van der Waals surface area contributed by atoms with Crippen LogP contribution in [-0.2, 0) is 11.2 Å². The summed E-state index contributed by atoms with van der Waals surface area (Å²) >= 11 is 0. The molecule has 2 aromatic carbocycles. The molecule has 0 bridgehead atoms. The standard InChI is InChI=1S/C21H26N4O2.HI/c1-15(2)27-18-11-9-17(10-12-18)24-21(22)23-14-20(26)25-13-5-7-16-6-3-4-8-19(16)25;/h3-4,6,8-12,15H,5,7,13-14H2,1-2H3,(H3,22,23,24);1H. The zero-order valence-electron chi connectivity index (χ0n) is 16.2. The summed E-state index contributed by atoms with van der Waals surface area (Å²) in [6.45, 7) is 4.70. The Hall–Kier alpha value is -2.29. The molecule has 3 N–H and O–H groups in total. The quantitative estimate of drug-likeness (QED) is 0.377. The molecule has 1 aliphatic rings. The van der Waals surface area contributed by atoms with Crippen molar-refractivity contribution < 1.29 is 9.53 Å². The van der Waals surface area contributed by atoms with Gasteiger partial charge in [0.05, 0.1) is 6.10 Å². The average Bonchev–Trinajstić information content (AvgIpc) is 2.67. The van der Waals surface area contributed by atoms with Gasteiger partial charge >= 0.3 is 0 Å². The molecule has 0 saturated carbocycles. The van der Waals surface area contributed by atoms with Crippen molar-refractivity contribution >= 4 is 47.2 Å². The molecule has 0 aromatic heterocycles. The first-order valence-corrected chi connectivity index (χ1v) is 9.25. The maximum absolute atomic E-state index is 12.6. The molecule has 0 fully saturated rings. The van der Waals surface area contributed by atoms with E-state index in [-0.39, 0.29) is 48.5 Å².